The molecule has 2 amide bonds. The summed E-state index contributed by atoms with van der Waals surface area (Å²) in [7, 11) is 0. The van der Waals surface area contributed by atoms with Gasteiger partial charge in [-0.15, -0.1) is 0 Å². The molecule has 2 heterocycles. The van der Waals surface area contributed by atoms with Crippen LogP contribution in [0.4, 0.5) is 11.5 Å². The van der Waals surface area contributed by atoms with Crippen LogP contribution in [0.3, 0.4) is 0 Å². The Morgan fingerprint density at radius 2 is 2.19 bits per heavy atom. The van der Waals surface area contributed by atoms with Crippen molar-refractivity contribution in [1.82, 2.24) is 10.3 Å². The number of nitrogens with two attached hydrogens (primary N) is 1. The summed E-state index contributed by atoms with van der Waals surface area (Å²) < 4.78 is 5.55. The first-order valence-electron chi connectivity index (χ1n) is 6.95. The molecule has 0 radical (unpaired) electrons. The monoisotopic (exact) mass is 292 g/mol. The molecule has 21 heavy (non-hydrogen) atoms. The van der Waals surface area contributed by atoms with E-state index in [1.807, 2.05) is 20.8 Å². The number of carbonyl (C=O) groups excluding carboxylic acids is 2. The molecule has 0 aliphatic carbocycles. The highest BCUT2D eigenvalue weighted by Crippen LogP contribution is 2.26. The first-order valence-corrected chi connectivity index (χ1v) is 6.95. The molecule has 114 valence electrons. The number of aromatic nitrogens is 1. The van der Waals surface area contributed by atoms with E-state index in [4.69, 9.17) is 10.5 Å². The maximum atomic E-state index is 11.9. The van der Waals surface area contributed by atoms with Crippen molar-refractivity contribution in [3.63, 3.8) is 0 Å². The predicted molar refractivity (Wildman–Crippen MR) is 79.0 cm³/mol. The summed E-state index contributed by atoms with van der Waals surface area (Å²) >= 11 is 0. The van der Waals surface area contributed by atoms with Crippen molar-refractivity contribution in [1.29, 1.82) is 0 Å². The number of nitrogens with zero attached hydrogens (tertiary/aromatic N) is 2. The number of pyridine rings is 1. The summed E-state index contributed by atoms with van der Waals surface area (Å²) in [5.41, 5.74) is 6.26. The number of hydrogen-bond acceptors (Lipinski definition) is 6. The van der Waals surface area contributed by atoms with Crippen molar-refractivity contribution in [2.45, 2.75) is 39.3 Å². The van der Waals surface area contributed by atoms with E-state index < -0.39 is 6.04 Å². The zero-order valence-corrected chi connectivity index (χ0v) is 12.4. The third-order valence-electron chi connectivity index (χ3n) is 3.16. The van der Waals surface area contributed by atoms with E-state index in [1.165, 1.54) is 0 Å². The van der Waals surface area contributed by atoms with Gasteiger partial charge in [0.05, 0.1) is 18.3 Å². The summed E-state index contributed by atoms with van der Waals surface area (Å²) in [5, 5.41) is 2.33. The number of amides is 2. The topological polar surface area (TPSA) is 97.6 Å². The Morgan fingerprint density at radius 1 is 1.48 bits per heavy atom. The largest absolute Gasteiger partial charge is 0.473 e. The van der Waals surface area contributed by atoms with E-state index in [0.717, 1.165) is 0 Å². The molecule has 1 fully saturated rings. The molecule has 0 bridgehead atoms. The Kier molecular flexibility index (Phi) is 4.30. The van der Waals surface area contributed by atoms with Crippen molar-refractivity contribution in [3.8, 4) is 5.88 Å². The second kappa shape index (κ2) is 5.99. The van der Waals surface area contributed by atoms with Gasteiger partial charge < -0.3 is 15.4 Å². The minimum Gasteiger partial charge on any atom is -0.473 e. The highest BCUT2D eigenvalue weighted by atomic mass is 16.5. The van der Waals surface area contributed by atoms with Gasteiger partial charge in [-0.3, -0.25) is 14.9 Å². The molecule has 0 aromatic carbocycles. The summed E-state index contributed by atoms with van der Waals surface area (Å²) in [6.07, 6.45) is 0.509. The van der Waals surface area contributed by atoms with E-state index in [2.05, 4.69) is 10.3 Å². The molecule has 1 aliphatic heterocycles. The summed E-state index contributed by atoms with van der Waals surface area (Å²) in [6, 6.07) is 2.94. The molecule has 1 saturated heterocycles. The van der Waals surface area contributed by atoms with Crippen molar-refractivity contribution < 1.29 is 14.3 Å². The lowest BCUT2D eigenvalue weighted by molar-refractivity contribution is -0.132. The molecule has 0 saturated carbocycles. The first-order chi connectivity index (χ1) is 9.92. The van der Waals surface area contributed by atoms with Gasteiger partial charge in [0.15, 0.2) is 0 Å². The minimum absolute atomic E-state index is 0.0664. The molecule has 1 unspecified atom stereocenters. The minimum atomic E-state index is -0.425. The molecular formula is C14H20N4O3. The van der Waals surface area contributed by atoms with Crippen molar-refractivity contribution in [2.24, 2.45) is 0 Å². The number of carbonyl (C=O) groups is 2. The Hall–Kier alpha value is -2.31. The molecule has 7 heteroatoms. The SMILES string of the molecule is CCC1C(=O)NC(=O)CN1c1ccc(N)c(OC(C)C)n1. The fourth-order valence-electron chi connectivity index (χ4n) is 2.23. The third-order valence-corrected chi connectivity index (χ3v) is 3.16. The molecule has 1 aliphatic rings. The third kappa shape index (κ3) is 3.24. The van der Waals surface area contributed by atoms with E-state index in [9.17, 15) is 9.59 Å². The Bertz CT molecular complexity index is 559. The number of nitrogen functional groups attached to an aromatic ring is 1. The highest BCUT2D eigenvalue weighted by molar-refractivity contribution is 6.04. The molecule has 0 spiro atoms. The zero-order chi connectivity index (χ0) is 15.6. The van der Waals surface area contributed by atoms with Crippen LogP contribution in [-0.2, 0) is 9.59 Å². The zero-order valence-electron chi connectivity index (χ0n) is 12.4. The quantitative estimate of drug-likeness (QED) is 0.793. The number of anilines is 2. The second-order valence-electron chi connectivity index (χ2n) is 5.19. The summed E-state index contributed by atoms with van der Waals surface area (Å²) in [6.45, 7) is 5.72. The van der Waals surface area contributed by atoms with Crippen LogP contribution in [-0.4, -0.2) is 35.5 Å². The lowest BCUT2D eigenvalue weighted by Crippen LogP contribution is -2.58. The van der Waals surface area contributed by atoms with Gasteiger partial charge in [0, 0.05) is 0 Å². The standard InChI is InChI=1S/C14H20N4O3/c1-4-10-13(20)17-12(19)7-18(10)11-6-5-9(15)14(16-11)21-8(2)3/h5-6,8,10H,4,7,15H2,1-3H3,(H,17,19,20). The Labute approximate surface area is 123 Å². The fourth-order valence-corrected chi connectivity index (χ4v) is 2.23. The van der Waals surface area contributed by atoms with Crippen LogP contribution < -0.4 is 20.7 Å². The van der Waals surface area contributed by atoms with Gasteiger partial charge in [-0.1, -0.05) is 6.92 Å². The van der Waals surface area contributed by atoms with Gasteiger partial charge in [-0.25, -0.2) is 0 Å². The number of rotatable bonds is 4. The first kappa shape index (κ1) is 15.1. The highest BCUT2D eigenvalue weighted by Gasteiger charge is 2.33. The molecule has 1 atom stereocenters. The van der Waals surface area contributed by atoms with Crippen LogP contribution in [0, 0.1) is 0 Å². The number of nitrogens with one attached hydrogen (secondary N) is 1. The Morgan fingerprint density at radius 3 is 2.81 bits per heavy atom. The van der Waals surface area contributed by atoms with Crippen LogP contribution in [0.2, 0.25) is 0 Å². The molecule has 1 aromatic heterocycles. The van der Waals surface area contributed by atoms with Gasteiger partial charge in [-0.05, 0) is 32.4 Å². The molecule has 1 aromatic rings. The van der Waals surface area contributed by atoms with Crippen LogP contribution in [0.15, 0.2) is 12.1 Å². The Balaban J connectivity index is 2.34. The average Bonchev–Trinajstić information content (AvgIpc) is 2.40. The van der Waals surface area contributed by atoms with Crippen molar-refractivity contribution in [2.75, 3.05) is 17.2 Å². The number of hydrogen-bond donors (Lipinski definition) is 2. The van der Waals surface area contributed by atoms with Gasteiger partial charge in [-0.2, -0.15) is 4.98 Å². The second-order valence-corrected chi connectivity index (χ2v) is 5.19. The van der Waals surface area contributed by atoms with E-state index >= 15 is 0 Å². The molecule has 7 nitrogen and oxygen atoms in total. The van der Waals surface area contributed by atoms with Gasteiger partial charge >= 0.3 is 0 Å². The molecule has 2 rings (SSSR count). The van der Waals surface area contributed by atoms with Crippen LogP contribution in [0.25, 0.3) is 0 Å². The smallest absolute Gasteiger partial charge is 0.249 e. The molecular weight excluding hydrogens is 272 g/mol. The van der Waals surface area contributed by atoms with Crippen LogP contribution >= 0.6 is 0 Å². The maximum absolute atomic E-state index is 11.9. The van der Waals surface area contributed by atoms with Crippen molar-refractivity contribution >= 4 is 23.3 Å². The maximum Gasteiger partial charge on any atom is 0.249 e. The van der Waals surface area contributed by atoms with Crippen molar-refractivity contribution in [3.05, 3.63) is 12.1 Å². The predicted octanol–water partition coefficient (Wildman–Crippen LogP) is 0.692. The lowest BCUT2D eigenvalue weighted by atomic mass is 10.1. The van der Waals surface area contributed by atoms with E-state index in [0.29, 0.717) is 23.8 Å². The summed E-state index contributed by atoms with van der Waals surface area (Å²) in [5.74, 6) is 0.180. The average molecular weight is 292 g/mol. The van der Waals surface area contributed by atoms with E-state index in [-0.39, 0.29) is 24.5 Å². The fraction of sp³-hybridized carbons (Fsp3) is 0.500. The lowest BCUT2D eigenvalue weighted by Gasteiger charge is -2.34. The normalized spacial score (nSPS) is 18.9. The van der Waals surface area contributed by atoms with Gasteiger partial charge in [0.2, 0.25) is 17.7 Å². The molecule has 3 N–H and O–H groups in total. The van der Waals surface area contributed by atoms with Gasteiger partial charge in [0.25, 0.3) is 0 Å². The van der Waals surface area contributed by atoms with E-state index in [1.54, 1.807) is 17.0 Å². The number of ether oxygens (including phenoxy) is 1. The number of piperazine rings is 1. The van der Waals surface area contributed by atoms with Crippen LogP contribution in [0.1, 0.15) is 27.2 Å². The van der Waals surface area contributed by atoms with Crippen LogP contribution in [0.5, 0.6) is 5.88 Å². The number of imide groups is 1. The van der Waals surface area contributed by atoms with Gasteiger partial charge in [0.1, 0.15) is 11.9 Å². The summed E-state index contributed by atoms with van der Waals surface area (Å²) in [4.78, 5) is 29.5.